The zero-order valence-corrected chi connectivity index (χ0v) is 19.8. The normalized spacial score (nSPS) is 13.1. The minimum Gasteiger partial charge on any atom is -0.425 e. The Morgan fingerprint density at radius 3 is 2.27 bits per heavy atom. The van der Waals surface area contributed by atoms with Crippen LogP contribution in [0.1, 0.15) is 65.7 Å². The van der Waals surface area contributed by atoms with E-state index in [1.165, 1.54) is 38.5 Å². The van der Waals surface area contributed by atoms with Gasteiger partial charge in [-0.3, -0.25) is 4.79 Å². The van der Waals surface area contributed by atoms with Crippen LogP contribution in [0.2, 0.25) is 0 Å². The van der Waals surface area contributed by atoms with Gasteiger partial charge in [0.15, 0.2) is 5.16 Å². The minimum atomic E-state index is -0.635. The van der Waals surface area contributed by atoms with Gasteiger partial charge in [0, 0.05) is 23.7 Å². The number of hydrogen-bond acceptors (Lipinski definition) is 5. The number of ether oxygens (including phenoxy) is 1. The largest absolute Gasteiger partial charge is 0.425 e. The molecule has 0 aliphatic heterocycles. The van der Waals surface area contributed by atoms with Gasteiger partial charge in [0.1, 0.15) is 11.1 Å². The van der Waals surface area contributed by atoms with E-state index in [1.54, 1.807) is 23.9 Å². The molecule has 2 rings (SSSR count). The number of rotatable bonds is 13. The van der Waals surface area contributed by atoms with Gasteiger partial charge in [-0.2, -0.15) is 0 Å². The quantitative estimate of drug-likeness (QED) is 0.0812. The van der Waals surface area contributed by atoms with Gasteiger partial charge in [-0.25, -0.2) is 9.97 Å². The fourth-order valence-electron chi connectivity index (χ4n) is 2.91. The molecule has 1 aromatic carbocycles. The summed E-state index contributed by atoms with van der Waals surface area (Å²) in [5.74, 6) is 1.22. The molecule has 0 spiro atoms. The predicted molar refractivity (Wildman–Crippen MR) is 126 cm³/mol. The van der Waals surface area contributed by atoms with Crippen LogP contribution in [-0.4, -0.2) is 27.1 Å². The van der Waals surface area contributed by atoms with Gasteiger partial charge in [-0.05, 0) is 30.0 Å². The molecule has 0 saturated carbocycles. The lowest BCUT2D eigenvalue weighted by molar-refractivity contribution is -0.134. The first-order valence-corrected chi connectivity index (χ1v) is 12.4. The first kappa shape index (κ1) is 24.7. The highest BCUT2D eigenvalue weighted by Crippen LogP contribution is 2.24. The van der Waals surface area contributed by atoms with E-state index in [1.807, 2.05) is 38.4 Å². The van der Waals surface area contributed by atoms with Crippen molar-refractivity contribution < 1.29 is 9.53 Å². The van der Waals surface area contributed by atoms with Crippen LogP contribution in [0.25, 0.3) is 11.1 Å². The number of nitrogens with zero attached hydrogens (tertiary/aromatic N) is 2. The Labute approximate surface area is 190 Å². The third-order valence-corrected chi connectivity index (χ3v) is 6.70. The minimum absolute atomic E-state index is 0.0769. The van der Waals surface area contributed by atoms with Gasteiger partial charge < -0.3 is 4.74 Å². The molecule has 0 fully saturated rings. The van der Waals surface area contributed by atoms with E-state index < -0.39 is 11.3 Å². The number of halogens is 1. The van der Waals surface area contributed by atoms with E-state index in [2.05, 4.69) is 16.9 Å². The molecule has 1 unspecified atom stereocenters. The second-order valence-corrected chi connectivity index (χ2v) is 9.14. The van der Waals surface area contributed by atoms with Crippen molar-refractivity contribution in [3.05, 3.63) is 36.7 Å². The lowest BCUT2D eigenvalue weighted by Crippen LogP contribution is -2.26. The van der Waals surface area contributed by atoms with Crippen LogP contribution in [0.15, 0.2) is 41.8 Å². The number of carbonyl (C=O) groups excluding carboxylic acids is 1. The van der Waals surface area contributed by atoms with Crippen molar-refractivity contribution in [2.24, 2.45) is 5.92 Å². The maximum absolute atomic E-state index is 12.1. The molecular weight excluding hydrogens is 416 g/mol. The van der Waals surface area contributed by atoms with E-state index in [0.717, 1.165) is 28.5 Å². The maximum atomic E-state index is 12.1. The Hall–Kier alpha value is -1.59. The first-order valence-electron chi connectivity index (χ1n) is 11.0. The highest BCUT2D eigenvalue weighted by molar-refractivity contribution is 7.99. The van der Waals surface area contributed by atoms with Crippen molar-refractivity contribution in [1.82, 2.24) is 9.97 Å². The van der Waals surface area contributed by atoms with E-state index in [0.29, 0.717) is 5.75 Å². The summed E-state index contributed by atoms with van der Waals surface area (Å²) in [5, 5.41) is 0.181. The van der Waals surface area contributed by atoms with E-state index in [9.17, 15) is 4.79 Å². The number of carbonyl (C=O) groups is 1. The molecule has 0 amide bonds. The van der Waals surface area contributed by atoms with Crippen molar-refractivity contribution in [2.75, 3.05) is 5.75 Å². The van der Waals surface area contributed by atoms with Gasteiger partial charge in [-0.15, -0.1) is 11.6 Å². The summed E-state index contributed by atoms with van der Waals surface area (Å²) in [6.45, 7) is 6.19. The molecule has 1 aromatic heterocycles. The predicted octanol–water partition coefficient (Wildman–Crippen LogP) is 7.16. The zero-order chi connectivity index (χ0) is 21.8. The summed E-state index contributed by atoms with van der Waals surface area (Å²) < 4.78 is 5.39. The highest BCUT2D eigenvalue weighted by Gasteiger charge is 2.23. The summed E-state index contributed by atoms with van der Waals surface area (Å²) in [6, 6.07) is 7.34. The molecular formula is C24H33ClN2O2S. The molecule has 0 N–H and O–H groups in total. The summed E-state index contributed by atoms with van der Waals surface area (Å²) in [5.41, 5.74) is 1.92. The van der Waals surface area contributed by atoms with Crippen molar-refractivity contribution in [1.29, 1.82) is 0 Å². The van der Waals surface area contributed by atoms with Crippen LogP contribution in [0.4, 0.5) is 0 Å². The Bertz CT molecular complexity index is 753. The summed E-state index contributed by atoms with van der Waals surface area (Å²) in [7, 11) is 0. The zero-order valence-electron chi connectivity index (χ0n) is 18.3. The molecule has 1 heterocycles. The molecule has 2 aromatic rings. The first-order chi connectivity index (χ1) is 14.5. The van der Waals surface area contributed by atoms with Crippen molar-refractivity contribution >= 4 is 29.3 Å². The smallest absolute Gasteiger partial charge is 0.329 e. The van der Waals surface area contributed by atoms with Gasteiger partial charge in [0.25, 0.3) is 0 Å². The third-order valence-electron chi connectivity index (χ3n) is 5.13. The maximum Gasteiger partial charge on any atom is 0.329 e. The number of alkyl halides is 1. The SMILES string of the molecule is CCCCCCCCSc1ncc(-c2ccc(OC(=O)[C@@H](Cl)C(C)CC)cc2)cn1. The molecule has 2 atom stereocenters. The molecule has 6 heteroatoms. The molecule has 4 nitrogen and oxygen atoms in total. The topological polar surface area (TPSA) is 52.1 Å². The van der Waals surface area contributed by atoms with Crippen LogP contribution < -0.4 is 4.74 Å². The Balaban J connectivity index is 1.81. The molecule has 0 aliphatic carbocycles. The molecule has 0 aliphatic rings. The van der Waals surface area contributed by atoms with Crippen LogP contribution in [0, 0.1) is 5.92 Å². The van der Waals surface area contributed by atoms with Gasteiger partial charge >= 0.3 is 5.97 Å². The second kappa shape index (κ2) is 13.7. The van der Waals surface area contributed by atoms with Crippen molar-refractivity contribution in [2.45, 2.75) is 76.3 Å². The van der Waals surface area contributed by atoms with Crippen LogP contribution in [-0.2, 0) is 4.79 Å². The fraction of sp³-hybridized carbons (Fsp3) is 0.542. The average Bonchev–Trinajstić information content (AvgIpc) is 2.78. The molecule has 0 saturated heterocycles. The van der Waals surface area contributed by atoms with Gasteiger partial charge in [0.2, 0.25) is 0 Å². The van der Waals surface area contributed by atoms with Gasteiger partial charge in [0.05, 0.1) is 0 Å². The molecule has 0 radical (unpaired) electrons. The Morgan fingerprint density at radius 2 is 1.63 bits per heavy atom. The van der Waals surface area contributed by atoms with E-state index >= 15 is 0 Å². The van der Waals surface area contributed by atoms with Crippen LogP contribution in [0.3, 0.4) is 0 Å². The molecule has 30 heavy (non-hydrogen) atoms. The molecule has 0 bridgehead atoms. The lowest BCUT2D eigenvalue weighted by Gasteiger charge is -2.15. The lowest BCUT2D eigenvalue weighted by atomic mass is 10.1. The standard InChI is InChI=1S/C24H33ClN2O2S/c1-4-6-7-8-9-10-15-30-24-26-16-20(17-27-24)19-11-13-21(14-12-19)29-23(28)22(25)18(3)5-2/h11-14,16-18,22H,4-10,15H2,1-3H3/t18?,22-/m0/s1. The monoisotopic (exact) mass is 448 g/mol. The van der Waals surface area contributed by atoms with Crippen molar-refractivity contribution in [3.63, 3.8) is 0 Å². The number of unbranched alkanes of at least 4 members (excludes halogenated alkanes) is 5. The van der Waals surface area contributed by atoms with E-state index in [4.69, 9.17) is 16.3 Å². The molecule has 164 valence electrons. The number of thioether (sulfide) groups is 1. The second-order valence-electron chi connectivity index (χ2n) is 7.60. The van der Waals surface area contributed by atoms with E-state index in [-0.39, 0.29) is 5.92 Å². The number of benzene rings is 1. The number of aromatic nitrogens is 2. The van der Waals surface area contributed by atoms with Gasteiger partial charge in [-0.1, -0.05) is 83.2 Å². The number of esters is 1. The summed E-state index contributed by atoms with van der Waals surface area (Å²) in [4.78, 5) is 21.1. The highest BCUT2D eigenvalue weighted by atomic mass is 35.5. The summed E-state index contributed by atoms with van der Waals surface area (Å²) >= 11 is 7.87. The fourth-order valence-corrected chi connectivity index (χ4v) is 3.92. The van der Waals surface area contributed by atoms with Crippen molar-refractivity contribution in [3.8, 4) is 16.9 Å². The Kier molecular flexibility index (Phi) is 11.2. The number of hydrogen-bond donors (Lipinski definition) is 0. The van der Waals surface area contributed by atoms with Crippen LogP contribution >= 0.6 is 23.4 Å². The summed E-state index contributed by atoms with van der Waals surface area (Å²) in [6.07, 6.45) is 12.3. The van der Waals surface area contributed by atoms with Crippen LogP contribution in [0.5, 0.6) is 5.75 Å². The Morgan fingerprint density at radius 1 is 1.00 bits per heavy atom. The average molecular weight is 449 g/mol. The third kappa shape index (κ3) is 8.27.